The van der Waals surface area contributed by atoms with Gasteiger partial charge in [-0.2, -0.15) is 0 Å². The summed E-state index contributed by atoms with van der Waals surface area (Å²) < 4.78 is 27.2. The van der Waals surface area contributed by atoms with Crippen molar-refractivity contribution in [1.82, 2.24) is 13.9 Å². The molecule has 118 valence electrons. The molecule has 0 aliphatic heterocycles. The van der Waals surface area contributed by atoms with E-state index in [2.05, 4.69) is 16.9 Å². The fourth-order valence-electron chi connectivity index (χ4n) is 2.80. The van der Waals surface area contributed by atoms with Crippen LogP contribution in [0.4, 0.5) is 0 Å². The van der Waals surface area contributed by atoms with Gasteiger partial charge in [-0.3, -0.25) is 0 Å². The molecule has 3 aromatic rings. The first-order chi connectivity index (χ1) is 10.9. The zero-order valence-corrected chi connectivity index (χ0v) is 14.0. The van der Waals surface area contributed by atoms with Crippen LogP contribution in [0.25, 0.3) is 11.0 Å². The minimum Gasteiger partial charge on any atom is -0.224 e. The Bertz CT molecular complexity index is 1010. The summed E-state index contributed by atoms with van der Waals surface area (Å²) >= 11 is 6.25. The van der Waals surface area contributed by atoms with Gasteiger partial charge in [0, 0.05) is 6.20 Å². The lowest BCUT2D eigenvalue weighted by atomic mass is 9.99. The first-order valence-corrected chi connectivity index (χ1v) is 9.08. The van der Waals surface area contributed by atoms with Gasteiger partial charge in [0.15, 0.2) is 5.65 Å². The summed E-state index contributed by atoms with van der Waals surface area (Å²) in [5, 5.41) is 0.925. The van der Waals surface area contributed by atoms with Crippen molar-refractivity contribution < 1.29 is 8.42 Å². The molecule has 1 aliphatic rings. The smallest absolute Gasteiger partial charge is 0.224 e. The van der Waals surface area contributed by atoms with Crippen LogP contribution in [0, 0.1) is 0 Å². The SMILES string of the molecule is CC1(c2cn(S(=O)(=O)c3ccccc3)c3ncnc(Cl)c23)CC1. The summed E-state index contributed by atoms with van der Waals surface area (Å²) in [5.41, 5.74) is 1.18. The zero-order chi connectivity index (χ0) is 16.2. The van der Waals surface area contributed by atoms with Crippen molar-refractivity contribution in [2.45, 2.75) is 30.1 Å². The third-order valence-electron chi connectivity index (χ3n) is 4.46. The van der Waals surface area contributed by atoms with Gasteiger partial charge in [0.25, 0.3) is 10.0 Å². The molecule has 2 aromatic heterocycles. The van der Waals surface area contributed by atoms with Crippen LogP contribution in [-0.4, -0.2) is 22.4 Å². The fraction of sp³-hybridized carbons (Fsp3) is 0.250. The van der Waals surface area contributed by atoms with Crippen LogP contribution in [0.15, 0.2) is 47.8 Å². The number of hydrogen-bond donors (Lipinski definition) is 0. The molecule has 1 fully saturated rings. The van der Waals surface area contributed by atoms with Crippen molar-refractivity contribution in [3.05, 3.63) is 53.6 Å². The van der Waals surface area contributed by atoms with Gasteiger partial charge in [-0.05, 0) is 36.0 Å². The van der Waals surface area contributed by atoms with Crippen LogP contribution in [0.3, 0.4) is 0 Å². The van der Waals surface area contributed by atoms with E-state index >= 15 is 0 Å². The minimum absolute atomic E-state index is 0.0515. The molecule has 5 nitrogen and oxygen atoms in total. The monoisotopic (exact) mass is 347 g/mol. The highest BCUT2D eigenvalue weighted by molar-refractivity contribution is 7.90. The van der Waals surface area contributed by atoms with E-state index in [0.717, 1.165) is 18.4 Å². The van der Waals surface area contributed by atoms with Gasteiger partial charge < -0.3 is 0 Å². The molecule has 4 rings (SSSR count). The highest BCUT2D eigenvalue weighted by Crippen LogP contribution is 2.51. The molecule has 0 spiro atoms. The summed E-state index contributed by atoms with van der Waals surface area (Å²) in [6, 6.07) is 8.32. The second-order valence-corrected chi connectivity index (χ2v) is 8.25. The van der Waals surface area contributed by atoms with Crippen LogP contribution in [0.1, 0.15) is 25.3 Å². The van der Waals surface area contributed by atoms with Crippen molar-refractivity contribution >= 4 is 32.7 Å². The number of rotatable bonds is 3. The van der Waals surface area contributed by atoms with Gasteiger partial charge in [0.2, 0.25) is 0 Å². The maximum Gasteiger partial charge on any atom is 0.269 e. The number of benzene rings is 1. The van der Waals surface area contributed by atoms with Crippen molar-refractivity contribution in [1.29, 1.82) is 0 Å². The van der Waals surface area contributed by atoms with Gasteiger partial charge in [0.1, 0.15) is 11.5 Å². The summed E-state index contributed by atoms with van der Waals surface area (Å²) in [6.07, 6.45) is 4.95. The minimum atomic E-state index is -3.73. The summed E-state index contributed by atoms with van der Waals surface area (Å²) in [5.74, 6) is 0. The van der Waals surface area contributed by atoms with Crippen molar-refractivity contribution in [3.8, 4) is 0 Å². The molecular weight excluding hydrogens is 334 g/mol. The normalized spacial score (nSPS) is 16.6. The van der Waals surface area contributed by atoms with Crippen LogP contribution < -0.4 is 0 Å². The highest BCUT2D eigenvalue weighted by atomic mass is 35.5. The maximum absolute atomic E-state index is 13.0. The molecule has 0 saturated heterocycles. The van der Waals surface area contributed by atoms with Gasteiger partial charge in [-0.15, -0.1) is 0 Å². The molecule has 2 heterocycles. The first-order valence-electron chi connectivity index (χ1n) is 7.26. The summed E-state index contributed by atoms with van der Waals surface area (Å²) in [7, 11) is -3.73. The summed E-state index contributed by atoms with van der Waals surface area (Å²) in [6.45, 7) is 2.10. The summed E-state index contributed by atoms with van der Waals surface area (Å²) in [4.78, 5) is 8.43. The molecule has 0 unspecified atom stereocenters. The average Bonchev–Trinajstić information content (AvgIpc) is 3.15. The molecule has 0 amide bonds. The predicted molar refractivity (Wildman–Crippen MR) is 88.1 cm³/mol. The maximum atomic E-state index is 13.0. The molecule has 0 radical (unpaired) electrons. The van der Waals surface area contributed by atoms with E-state index in [1.807, 2.05) is 0 Å². The molecule has 1 aromatic carbocycles. The van der Waals surface area contributed by atoms with E-state index < -0.39 is 10.0 Å². The molecule has 23 heavy (non-hydrogen) atoms. The van der Waals surface area contributed by atoms with Crippen LogP contribution >= 0.6 is 11.6 Å². The molecular formula is C16H14ClN3O2S. The fourth-order valence-corrected chi connectivity index (χ4v) is 4.37. The number of halogens is 1. The second kappa shape index (κ2) is 4.79. The topological polar surface area (TPSA) is 64.8 Å². The lowest BCUT2D eigenvalue weighted by Crippen LogP contribution is -2.12. The number of fused-ring (bicyclic) bond motifs is 1. The Balaban J connectivity index is 2.04. The van der Waals surface area contributed by atoms with Gasteiger partial charge >= 0.3 is 0 Å². The van der Waals surface area contributed by atoms with E-state index in [9.17, 15) is 8.42 Å². The van der Waals surface area contributed by atoms with E-state index in [-0.39, 0.29) is 10.3 Å². The Morgan fingerprint density at radius 3 is 2.52 bits per heavy atom. The zero-order valence-electron chi connectivity index (χ0n) is 12.4. The second-order valence-electron chi connectivity index (χ2n) is 6.08. The first kappa shape index (κ1) is 14.7. The Hall–Kier alpha value is -1.92. The van der Waals surface area contributed by atoms with Crippen molar-refractivity contribution in [2.24, 2.45) is 0 Å². The molecule has 0 N–H and O–H groups in total. The highest BCUT2D eigenvalue weighted by Gasteiger charge is 2.43. The number of hydrogen-bond acceptors (Lipinski definition) is 4. The largest absolute Gasteiger partial charge is 0.269 e. The molecule has 7 heteroatoms. The van der Waals surface area contributed by atoms with E-state index in [1.54, 1.807) is 36.5 Å². The molecule has 0 atom stereocenters. The van der Waals surface area contributed by atoms with E-state index in [4.69, 9.17) is 11.6 Å². The van der Waals surface area contributed by atoms with Crippen molar-refractivity contribution in [2.75, 3.05) is 0 Å². The van der Waals surface area contributed by atoms with E-state index in [1.165, 1.54) is 10.3 Å². The van der Waals surface area contributed by atoms with Crippen LogP contribution in [-0.2, 0) is 15.4 Å². The Morgan fingerprint density at radius 2 is 1.87 bits per heavy atom. The number of aromatic nitrogens is 3. The standard InChI is InChI=1S/C16H14ClN3O2S/c1-16(7-8-16)12-9-20(15-13(12)14(17)18-10-19-15)23(21,22)11-5-3-2-4-6-11/h2-6,9-10H,7-8H2,1H3. The Labute approximate surface area is 139 Å². The number of nitrogens with zero attached hydrogens (tertiary/aromatic N) is 3. The van der Waals surface area contributed by atoms with Gasteiger partial charge in [-0.25, -0.2) is 22.4 Å². The van der Waals surface area contributed by atoms with Crippen LogP contribution in [0.5, 0.6) is 0 Å². The van der Waals surface area contributed by atoms with Crippen molar-refractivity contribution in [3.63, 3.8) is 0 Å². The molecule has 1 saturated carbocycles. The molecule has 0 bridgehead atoms. The lowest BCUT2D eigenvalue weighted by Gasteiger charge is -2.06. The van der Waals surface area contributed by atoms with Gasteiger partial charge in [0.05, 0.1) is 10.3 Å². The molecule has 1 aliphatic carbocycles. The van der Waals surface area contributed by atoms with Crippen LogP contribution in [0.2, 0.25) is 5.15 Å². The van der Waals surface area contributed by atoms with Gasteiger partial charge in [-0.1, -0.05) is 36.7 Å². The quantitative estimate of drug-likeness (QED) is 0.681. The Morgan fingerprint density at radius 1 is 1.17 bits per heavy atom. The van der Waals surface area contributed by atoms with E-state index in [0.29, 0.717) is 16.2 Å². The average molecular weight is 348 g/mol. The predicted octanol–water partition coefficient (Wildman–Crippen LogP) is 3.37. The Kier molecular flexibility index (Phi) is 3.05. The third-order valence-corrected chi connectivity index (χ3v) is 6.41. The third kappa shape index (κ3) is 2.16. The lowest BCUT2D eigenvalue weighted by molar-refractivity contribution is 0.588.